The van der Waals surface area contributed by atoms with Crippen molar-refractivity contribution in [2.75, 3.05) is 13.1 Å². The number of aromatic amines is 1. The van der Waals surface area contributed by atoms with Crippen LogP contribution in [0.15, 0.2) is 23.6 Å². The van der Waals surface area contributed by atoms with Gasteiger partial charge >= 0.3 is 5.97 Å². The van der Waals surface area contributed by atoms with Gasteiger partial charge < -0.3 is 10.0 Å². The molecule has 1 amide bonds. The molecular formula is C14H15N3O3S. The molecule has 0 saturated carbocycles. The zero-order chi connectivity index (χ0) is 15.0. The Hall–Kier alpha value is -2.15. The molecule has 2 aromatic heterocycles. The van der Waals surface area contributed by atoms with Gasteiger partial charge in [-0.05, 0) is 30.9 Å². The first kappa shape index (κ1) is 13.8. The van der Waals surface area contributed by atoms with Crippen LogP contribution in [0.25, 0.3) is 10.6 Å². The van der Waals surface area contributed by atoms with Gasteiger partial charge in [0, 0.05) is 13.1 Å². The van der Waals surface area contributed by atoms with E-state index in [9.17, 15) is 14.7 Å². The molecule has 7 heteroatoms. The summed E-state index contributed by atoms with van der Waals surface area (Å²) in [6, 6.07) is 5.59. The number of aliphatic carboxylic acids is 1. The van der Waals surface area contributed by atoms with Crippen LogP contribution in [0.3, 0.4) is 0 Å². The summed E-state index contributed by atoms with van der Waals surface area (Å²) in [5.41, 5.74) is 0.268. The van der Waals surface area contributed by atoms with Crippen LogP contribution in [-0.2, 0) is 4.79 Å². The Morgan fingerprint density at radius 1 is 1.52 bits per heavy atom. The third-order valence-corrected chi connectivity index (χ3v) is 4.76. The lowest BCUT2D eigenvalue weighted by Gasteiger charge is -2.19. The first-order chi connectivity index (χ1) is 9.99. The number of H-pyrrole nitrogens is 1. The van der Waals surface area contributed by atoms with Crippen LogP contribution >= 0.6 is 11.3 Å². The van der Waals surface area contributed by atoms with Gasteiger partial charge in [-0.3, -0.25) is 14.7 Å². The zero-order valence-corrected chi connectivity index (χ0v) is 12.3. The molecule has 0 aliphatic carbocycles. The topological polar surface area (TPSA) is 86.3 Å². The minimum absolute atomic E-state index is 0.223. The van der Waals surface area contributed by atoms with Gasteiger partial charge in [-0.2, -0.15) is 5.10 Å². The lowest BCUT2D eigenvalue weighted by molar-refractivity contribution is -0.147. The Balaban J connectivity index is 1.76. The number of hydrogen-bond donors (Lipinski definition) is 2. The molecule has 1 fully saturated rings. The van der Waals surface area contributed by atoms with Gasteiger partial charge in [-0.1, -0.05) is 6.07 Å². The second-order valence-electron chi connectivity index (χ2n) is 5.49. The van der Waals surface area contributed by atoms with Crippen LogP contribution in [0.5, 0.6) is 0 Å². The van der Waals surface area contributed by atoms with Crippen molar-refractivity contribution < 1.29 is 14.7 Å². The number of carbonyl (C=O) groups excluding carboxylic acids is 1. The van der Waals surface area contributed by atoms with E-state index in [-0.39, 0.29) is 12.5 Å². The number of nitrogens with one attached hydrogen (secondary N) is 1. The van der Waals surface area contributed by atoms with Crippen molar-refractivity contribution in [2.45, 2.75) is 13.3 Å². The average Bonchev–Trinajstić information content (AvgIpc) is 3.18. The van der Waals surface area contributed by atoms with Crippen LogP contribution in [0.2, 0.25) is 0 Å². The van der Waals surface area contributed by atoms with Crippen LogP contribution in [0.1, 0.15) is 23.8 Å². The first-order valence-electron chi connectivity index (χ1n) is 6.61. The largest absolute Gasteiger partial charge is 0.481 e. The minimum atomic E-state index is -0.862. The molecule has 3 rings (SSSR count). The summed E-state index contributed by atoms with van der Waals surface area (Å²) >= 11 is 1.56. The highest BCUT2D eigenvalue weighted by atomic mass is 32.1. The number of likely N-dealkylation sites (tertiary alicyclic amines) is 1. The fraction of sp³-hybridized carbons (Fsp3) is 0.357. The standard InChI is InChI=1S/C14H15N3O3S/c1-14(13(19)20)4-5-17(8-14)12(18)10-7-9(15-16-10)11-3-2-6-21-11/h2-3,6-7H,4-5,8H2,1H3,(H,15,16)(H,19,20). The van der Waals surface area contributed by atoms with Crippen molar-refractivity contribution in [2.24, 2.45) is 5.41 Å². The Morgan fingerprint density at radius 3 is 2.95 bits per heavy atom. The monoisotopic (exact) mass is 305 g/mol. The van der Waals surface area contributed by atoms with Gasteiger partial charge in [-0.15, -0.1) is 11.3 Å². The molecule has 110 valence electrons. The molecule has 1 saturated heterocycles. The summed E-state index contributed by atoms with van der Waals surface area (Å²) in [6.45, 7) is 2.34. The molecule has 1 unspecified atom stereocenters. The predicted molar refractivity (Wildman–Crippen MR) is 78.2 cm³/mol. The van der Waals surface area contributed by atoms with E-state index in [1.165, 1.54) is 0 Å². The summed E-state index contributed by atoms with van der Waals surface area (Å²) in [6.07, 6.45) is 0.469. The molecule has 0 radical (unpaired) electrons. The van der Waals surface area contributed by atoms with E-state index in [0.717, 1.165) is 10.6 Å². The van der Waals surface area contributed by atoms with E-state index in [0.29, 0.717) is 18.7 Å². The first-order valence-corrected chi connectivity index (χ1v) is 7.49. The van der Waals surface area contributed by atoms with Crippen LogP contribution in [-0.4, -0.2) is 45.2 Å². The van der Waals surface area contributed by atoms with Crippen LogP contribution in [0.4, 0.5) is 0 Å². The van der Waals surface area contributed by atoms with Crippen molar-refractivity contribution in [3.05, 3.63) is 29.3 Å². The highest BCUT2D eigenvalue weighted by Crippen LogP contribution is 2.31. The number of carboxylic acid groups (broad SMARTS) is 1. The van der Waals surface area contributed by atoms with Gasteiger partial charge in [0.05, 0.1) is 16.0 Å². The van der Waals surface area contributed by atoms with Gasteiger partial charge in [0.25, 0.3) is 5.91 Å². The number of carbonyl (C=O) groups is 2. The summed E-state index contributed by atoms with van der Waals surface area (Å²) in [5.74, 6) is -1.09. The number of amides is 1. The maximum atomic E-state index is 12.4. The lowest BCUT2D eigenvalue weighted by Crippen LogP contribution is -2.35. The van der Waals surface area contributed by atoms with Gasteiger partial charge in [0.1, 0.15) is 0 Å². The molecular weight excluding hydrogens is 290 g/mol. The Bertz CT molecular complexity index is 679. The molecule has 6 nitrogen and oxygen atoms in total. The summed E-state index contributed by atoms with van der Waals surface area (Å²) in [4.78, 5) is 26.2. The molecule has 0 aromatic carbocycles. The predicted octanol–water partition coefficient (Wildman–Crippen LogP) is 2.08. The molecule has 1 aliphatic heterocycles. The fourth-order valence-corrected chi connectivity index (χ4v) is 3.15. The van der Waals surface area contributed by atoms with E-state index >= 15 is 0 Å². The maximum absolute atomic E-state index is 12.4. The van der Waals surface area contributed by atoms with E-state index in [1.54, 1.807) is 29.2 Å². The number of hydrogen-bond acceptors (Lipinski definition) is 4. The lowest BCUT2D eigenvalue weighted by atomic mass is 9.90. The molecule has 0 bridgehead atoms. The fourth-order valence-electron chi connectivity index (χ4n) is 2.46. The van der Waals surface area contributed by atoms with Crippen molar-refractivity contribution in [3.63, 3.8) is 0 Å². The molecule has 0 spiro atoms. The summed E-state index contributed by atoms with van der Waals surface area (Å²) < 4.78 is 0. The average molecular weight is 305 g/mol. The number of nitrogens with zero attached hydrogens (tertiary/aromatic N) is 2. The summed E-state index contributed by atoms with van der Waals surface area (Å²) in [5, 5.41) is 18.1. The second kappa shape index (κ2) is 5.00. The minimum Gasteiger partial charge on any atom is -0.481 e. The number of aromatic nitrogens is 2. The highest BCUT2D eigenvalue weighted by Gasteiger charge is 2.42. The number of rotatable bonds is 3. The van der Waals surface area contributed by atoms with Crippen molar-refractivity contribution in [1.82, 2.24) is 15.1 Å². The van der Waals surface area contributed by atoms with Crippen LogP contribution in [0, 0.1) is 5.41 Å². The second-order valence-corrected chi connectivity index (χ2v) is 6.43. The molecule has 3 heterocycles. The summed E-state index contributed by atoms with van der Waals surface area (Å²) in [7, 11) is 0. The van der Waals surface area contributed by atoms with Crippen molar-refractivity contribution in [3.8, 4) is 10.6 Å². The quantitative estimate of drug-likeness (QED) is 0.909. The van der Waals surface area contributed by atoms with Crippen molar-refractivity contribution in [1.29, 1.82) is 0 Å². The number of thiophene rings is 1. The van der Waals surface area contributed by atoms with Gasteiger partial charge in [0.15, 0.2) is 5.69 Å². The molecule has 2 N–H and O–H groups in total. The van der Waals surface area contributed by atoms with E-state index < -0.39 is 11.4 Å². The third kappa shape index (κ3) is 2.44. The Labute approximate surface area is 125 Å². The maximum Gasteiger partial charge on any atom is 0.311 e. The molecule has 1 aliphatic rings. The van der Waals surface area contributed by atoms with E-state index in [2.05, 4.69) is 10.2 Å². The molecule has 21 heavy (non-hydrogen) atoms. The molecule has 2 aromatic rings. The molecule has 1 atom stereocenters. The van der Waals surface area contributed by atoms with E-state index in [1.807, 2.05) is 17.5 Å². The number of carboxylic acids is 1. The van der Waals surface area contributed by atoms with E-state index in [4.69, 9.17) is 0 Å². The van der Waals surface area contributed by atoms with Crippen molar-refractivity contribution >= 4 is 23.2 Å². The van der Waals surface area contributed by atoms with Gasteiger partial charge in [0.2, 0.25) is 0 Å². The highest BCUT2D eigenvalue weighted by molar-refractivity contribution is 7.13. The normalized spacial score (nSPS) is 21.7. The Morgan fingerprint density at radius 2 is 2.33 bits per heavy atom. The van der Waals surface area contributed by atoms with Gasteiger partial charge in [-0.25, -0.2) is 0 Å². The third-order valence-electron chi connectivity index (χ3n) is 3.86. The Kier molecular flexibility index (Phi) is 3.29. The zero-order valence-electron chi connectivity index (χ0n) is 11.5. The SMILES string of the molecule is CC1(C(=O)O)CCN(C(=O)c2cc(-c3cccs3)[nH]n2)C1. The smallest absolute Gasteiger partial charge is 0.311 e. The van der Waals surface area contributed by atoms with Crippen LogP contribution < -0.4 is 0 Å².